The van der Waals surface area contributed by atoms with Gasteiger partial charge in [0.05, 0.1) is 6.61 Å². The second-order valence-electron chi connectivity index (χ2n) is 4.25. The van der Waals surface area contributed by atoms with Crippen LogP contribution in [-0.2, 0) is 4.74 Å². The van der Waals surface area contributed by atoms with E-state index >= 15 is 0 Å². The fourth-order valence-corrected chi connectivity index (χ4v) is 1.94. The Morgan fingerprint density at radius 3 is 2.39 bits per heavy atom. The lowest BCUT2D eigenvalue weighted by Crippen LogP contribution is -2.41. The first-order chi connectivity index (χ1) is 8.47. The summed E-state index contributed by atoms with van der Waals surface area (Å²) in [6.07, 6.45) is -3.87. The minimum atomic E-state index is -4.42. The zero-order valence-corrected chi connectivity index (χ0v) is 9.51. The molecule has 1 heterocycles. The molecule has 18 heavy (non-hydrogen) atoms. The minimum Gasteiger partial charge on any atom is -0.380 e. The van der Waals surface area contributed by atoms with Crippen LogP contribution in [0.4, 0.5) is 17.6 Å². The van der Waals surface area contributed by atoms with Gasteiger partial charge in [0.25, 0.3) is 0 Å². The molecule has 0 bridgehead atoms. The Balaban J connectivity index is 2.16. The molecule has 0 aliphatic carbocycles. The van der Waals surface area contributed by atoms with Gasteiger partial charge in [0.2, 0.25) is 0 Å². The fraction of sp³-hybridized carbons (Fsp3) is 0.500. The van der Waals surface area contributed by atoms with Gasteiger partial charge in [-0.1, -0.05) is 12.1 Å². The summed E-state index contributed by atoms with van der Waals surface area (Å²) >= 11 is 0. The quantitative estimate of drug-likeness (QED) is 0.847. The highest BCUT2D eigenvalue weighted by Gasteiger charge is 2.42. The van der Waals surface area contributed by atoms with Crippen molar-refractivity contribution in [2.75, 3.05) is 13.2 Å². The highest BCUT2D eigenvalue weighted by molar-refractivity contribution is 5.21. The maximum absolute atomic E-state index is 13.0. The van der Waals surface area contributed by atoms with Crippen LogP contribution in [0.5, 0.6) is 0 Å². The number of nitrogens with one attached hydrogen (secondary N) is 1. The molecular formula is C12H13F4NO. The van der Waals surface area contributed by atoms with Gasteiger partial charge in [0, 0.05) is 12.6 Å². The zero-order chi connectivity index (χ0) is 13.2. The number of hydrogen-bond donors (Lipinski definition) is 1. The predicted molar refractivity (Wildman–Crippen MR) is 57.6 cm³/mol. The van der Waals surface area contributed by atoms with Crippen molar-refractivity contribution < 1.29 is 22.3 Å². The van der Waals surface area contributed by atoms with E-state index in [1.54, 1.807) is 0 Å². The largest absolute Gasteiger partial charge is 0.407 e. The molecule has 1 aliphatic heterocycles. The predicted octanol–water partition coefficient (Wildman–Crippen LogP) is 2.81. The van der Waals surface area contributed by atoms with Gasteiger partial charge >= 0.3 is 6.18 Å². The van der Waals surface area contributed by atoms with Crippen LogP contribution in [0.2, 0.25) is 0 Å². The van der Waals surface area contributed by atoms with Crippen LogP contribution in [0.3, 0.4) is 0 Å². The lowest BCUT2D eigenvalue weighted by molar-refractivity contribution is -0.159. The maximum atomic E-state index is 13.0. The molecular weight excluding hydrogens is 250 g/mol. The van der Waals surface area contributed by atoms with Gasteiger partial charge < -0.3 is 4.74 Å². The maximum Gasteiger partial charge on any atom is 0.407 e. The van der Waals surface area contributed by atoms with Crippen LogP contribution < -0.4 is 5.32 Å². The van der Waals surface area contributed by atoms with Crippen molar-refractivity contribution in [3.05, 3.63) is 35.6 Å². The Hall–Kier alpha value is -1.14. The zero-order valence-electron chi connectivity index (χ0n) is 9.51. The van der Waals surface area contributed by atoms with Gasteiger partial charge in [0.1, 0.15) is 11.9 Å². The molecule has 2 nitrogen and oxygen atoms in total. The second-order valence-corrected chi connectivity index (χ2v) is 4.25. The molecule has 1 aromatic carbocycles. The number of alkyl halides is 3. The first-order valence-corrected chi connectivity index (χ1v) is 5.63. The summed E-state index contributed by atoms with van der Waals surface area (Å²) in [5.41, 5.74) is 0.0100. The second kappa shape index (κ2) is 5.24. The summed E-state index contributed by atoms with van der Waals surface area (Å²) < 4.78 is 56.7. The molecule has 0 aromatic heterocycles. The Labute approximate surface area is 102 Å². The smallest absolute Gasteiger partial charge is 0.380 e. The van der Waals surface area contributed by atoms with Crippen LogP contribution in [-0.4, -0.2) is 25.4 Å². The Morgan fingerprint density at radius 1 is 1.22 bits per heavy atom. The van der Waals surface area contributed by atoms with Crippen LogP contribution in [0.15, 0.2) is 24.3 Å². The summed E-state index contributed by atoms with van der Waals surface area (Å²) in [6, 6.07) is 2.25. The van der Waals surface area contributed by atoms with Gasteiger partial charge in [-0.2, -0.15) is 13.2 Å². The van der Waals surface area contributed by atoms with Crippen LogP contribution >= 0.6 is 0 Å². The van der Waals surface area contributed by atoms with Gasteiger partial charge in [-0.05, 0) is 24.1 Å². The highest BCUT2D eigenvalue weighted by Crippen LogP contribution is 2.33. The van der Waals surface area contributed by atoms with Gasteiger partial charge in [-0.3, -0.25) is 5.32 Å². The summed E-state index contributed by atoms with van der Waals surface area (Å²) in [5.74, 6) is -0.552. The molecule has 0 amide bonds. The first kappa shape index (κ1) is 13.3. The van der Waals surface area contributed by atoms with Gasteiger partial charge in [-0.15, -0.1) is 0 Å². The molecule has 1 aliphatic rings. The SMILES string of the molecule is Fc1ccc(C(NC2CCOC2)C(F)(F)F)cc1. The van der Waals surface area contributed by atoms with Gasteiger partial charge in [0.15, 0.2) is 0 Å². The lowest BCUT2D eigenvalue weighted by Gasteiger charge is -2.25. The van der Waals surface area contributed by atoms with E-state index in [2.05, 4.69) is 5.32 Å². The standard InChI is InChI=1S/C12H13F4NO/c13-9-3-1-8(2-4-9)11(12(14,15)16)17-10-5-6-18-7-10/h1-4,10-11,17H,5-7H2. The van der Waals surface area contributed by atoms with E-state index in [-0.39, 0.29) is 18.2 Å². The summed E-state index contributed by atoms with van der Waals surface area (Å²) in [5, 5.41) is 2.52. The van der Waals surface area contributed by atoms with Crippen molar-refractivity contribution in [2.45, 2.75) is 24.7 Å². The molecule has 100 valence electrons. The Kier molecular flexibility index (Phi) is 3.87. The number of ether oxygens (including phenoxy) is 1. The van der Waals surface area contributed by atoms with E-state index in [1.807, 2.05) is 0 Å². The van der Waals surface area contributed by atoms with Crippen LogP contribution in [0, 0.1) is 5.82 Å². The molecule has 1 saturated heterocycles. The van der Waals surface area contributed by atoms with Crippen molar-refractivity contribution in [1.82, 2.24) is 5.32 Å². The summed E-state index contributed by atoms with van der Waals surface area (Å²) in [4.78, 5) is 0. The molecule has 0 spiro atoms. The number of benzene rings is 1. The highest BCUT2D eigenvalue weighted by atomic mass is 19.4. The van der Waals surface area contributed by atoms with Crippen molar-refractivity contribution in [1.29, 1.82) is 0 Å². The number of halogens is 4. The molecule has 2 rings (SSSR count). The van der Waals surface area contributed by atoms with Crippen LogP contribution in [0.25, 0.3) is 0 Å². The van der Waals surface area contributed by atoms with E-state index < -0.39 is 18.0 Å². The van der Waals surface area contributed by atoms with E-state index in [0.717, 1.165) is 24.3 Å². The molecule has 1 N–H and O–H groups in total. The molecule has 2 atom stereocenters. The molecule has 1 fully saturated rings. The molecule has 2 unspecified atom stereocenters. The van der Waals surface area contributed by atoms with Gasteiger partial charge in [-0.25, -0.2) is 4.39 Å². The first-order valence-electron chi connectivity index (χ1n) is 5.63. The average Bonchev–Trinajstić information content (AvgIpc) is 2.79. The van der Waals surface area contributed by atoms with Crippen LogP contribution in [0.1, 0.15) is 18.0 Å². The van der Waals surface area contributed by atoms with Crippen molar-refractivity contribution in [2.24, 2.45) is 0 Å². The average molecular weight is 263 g/mol. The lowest BCUT2D eigenvalue weighted by atomic mass is 10.0. The van der Waals surface area contributed by atoms with E-state index in [1.165, 1.54) is 0 Å². The topological polar surface area (TPSA) is 21.3 Å². The van der Waals surface area contributed by atoms with E-state index in [4.69, 9.17) is 4.74 Å². The number of hydrogen-bond acceptors (Lipinski definition) is 2. The van der Waals surface area contributed by atoms with E-state index in [0.29, 0.717) is 13.0 Å². The third-order valence-electron chi connectivity index (χ3n) is 2.86. The summed E-state index contributed by atoms with van der Waals surface area (Å²) in [6.45, 7) is 0.736. The Morgan fingerprint density at radius 2 is 1.89 bits per heavy atom. The minimum absolute atomic E-state index is 0.0100. The Bertz CT molecular complexity index is 384. The third-order valence-corrected chi connectivity index (χ3v) is 2.86. The molecule has 0 radical (unpaired) electrons. The fourth-order valence-electron chi connectivity index (χ4n) is 1.94. The van der Waals surface area contributed by atoms with Crippen molar-refractivity contribution >= 4 is 0 Å². The van der Waals surface area contributed by atoms with E-state index in [9.17, 15) is 17.6 Å². The van der Waals surface area contributed by atoms with Crippen molar-refractivity contribution in [3.8, 4) is 0 Å². The van der Waals surface area contributed by atoms with Crippen molar-refractivity contribution in [3.63, 3.8) is 0 Å². The normalized spacial score (nSPS) is 22.1. The molecule has 1 aromatic rings. The summed E-state index contributed by atoms with van der Waals surface area (Å²) in [7, 11) is 0. The molecule has 6 heteroatoms. The number of rotatable bonds is 3. The third kappa shape index (κ3) is 3.20. The monoisotopic (exact) mass is 263 g/mol. The molecule has 0 saturated carbocycles.